The van der Waals surface area contributed by atoms with Gasteiger partial charge < -0.3 is 14.9 Å². The average molecular weight is 246 g/mol. The normalized spacial score (nSPS) is 32.9. The second-order valence-electron chi connectivity index (χ2n) is 3.70. The lowest BCUT2D eigenvalue weighted by Crippen LogP contribution is -2.35. The number of alkyl halides is 1. The monoisotopic (exact) mass is 246 g/mol. The van der Waals surface area contributed by atoms with Crippen molar-refractivity contribution >= 4 is 0 Å². The summed E-state index contributed by atoms with van der Waals surface area (Å²) in [6.07, 6.45) is -4.73. The highest BCUT2D eigenvalue weighted by Gasteiger charge is 2.45. The molecular weight excluding hydrogens is 235 g/mol. The maximum absolute atomic E-state index is 13.6. The van der Waals surface area contributed by atoms with Gasteiger partial charge in [-0.15, -0.1) is 0 Å². The highest BCUT2D eigenvalue weighted by Crippen LogP contribution is 2.30. The molecule has 0 amide bonds. The van der Waals surface area contributed by atoms with Crippen LogP contribution in [0.1, 0.15) is 6.23 Å². The highest BCUT2D eigenvalue weighted by atomic mass is 19.1. The van der Waals surface area contributed by atoms with E-state index in [2.05, 4.69) is 0 Å². The molecule has 1 aliphatic heterocycles. The topological polar surface area (TPSA) is 105 Å². The van der Waals surface area contributed by atoms with Crippen molar-refractivity contribution in [2.24, 2.45) is 0 Å². The Kier molecular flexibility index (Phi) is 3.09. The van der Waals surface area contributed by atoms with Crippen LogP contribution in [0, 0.1) is 0 Å². The van der Waals surface area contributed by atoms with Gasteiger partial charge in [-0.1, -0.05) is 0 Å². The molecule has 1 unspecified atom stereocenters. The molecule has 0 spiro atoms. The van der Waals surface area contributed by atoms with E-state index in [0.29, 0.717) is 0 Å². The molecule has 1 aromatic rings. The van der Waals surface area contributed by atoms with Crippen LogP contribution in [0.4, 0.5) is 4.39 Å². The third-order valence-electron chi connectivity index (χ3n) is 2.60. The predicted molar refractivity (Wildman–Crippen MR) is 53.2 cm³/mol. The Labute approximate surface area is 94.1 Å². The van der Waals surface area contributed by atoms with E-state index in [1.807, 2.05) is 4.98 Å². The standard InChI is InChI=1S/C9H11FN2O5/c10-6-7(15)4(3-13)17-8(6)12-2-1-5(14)11-9(12)16/h1-2,4,6-8,13,15H,3H2,(H,11,14,16)/t4-,6?,7-,8-/m1/s1. The molecule has 1 aliphatic rings. The number of aliphatic hydroxyl groups excluding tert-OH is 2. The Morgan fingerprint density at radius 3 is 2.76 bits per heavy atom. The number of hydrogen-bond donors (Lipinski definition) is 3. The van der Waals surface area contributed by atoms with Crippen molar-refractivity contribution in [3.8, 4) is 0 Å². The summed E-state index contributed by atoms with van der Waals surface area (Å²) in [5, 5.41) is 18.2. The molecule has 0 saturated carbocycles. The van der Waals surface area contributed by atoms with Crippen molar-refractivity contribution in [2.75, 3.05) is 6.61 Å². The number of hydrogen-bond acceptors (Lipinski definition) is 5. The van der Waals surface area contributed by atoms with Crippen molar-refractivity contribution < 1.29 is 19.3 Å². The van der Waals surface area contributed by atoms with Gasteiger partial charge in [0.25, 0.3) is 5.56 Å². The second kappa shape index (κ2) is 4.40. The second-order valence-corrected chi connectivity index (χ2v) is 3.70. The molecule has 1 fully saturated rings. The Bertz CT molecular complexity index is 513. The van der Waals surface area contributed by atoms with E-state index in [-0.39, 0.29) is 0 Å². The molecule has 0 radical (unpaired) electrons. The van der Waals surface area contributed by atoms with Crippen LogP contribution in [0.2, 0.25) is 0 Å². The Hall–Kier alpha value is -1.51. The predicted octanol–water partition coefficient (Wildman–Crippen LogP) is -1.87. The zero-order chi connectivity index (χ0) is 12.6. The first-order valence-electron chi connectivity index (χ1n) is 4.94. The SMILES string of the molecule is O=c1ccn([C@@H]2O[C@H](CO)[C@@H](O)C2F)c(=O)[nH]1. The number of rotatable bonds is 2. The van der Waals surface area contributed by atoms with E-state index >= 15 is 0 Å². The molecule has 17 heavy (non-hydrogen) atoms. The minimum atomic E-state index is -1.85. The zero-order valence-electron chi connectivity index (χ0n) is 8.62. The van der Waals surface area contributed by atoms with E-state index in [1.165, 1.54) is 0 Å². The molecule has 0 bridgehead atoms. The van der Waals surface area contributed by atoms with Gasteiger partial charge in [0, 0.05) is 12.3 Å². The highest BCUT2D eigenvalue weighted by molar-refractivity contribution is 4.93. The Balaban J connectivity index is 2.35. The third-order valence-corrected chi connectivity index (χ3v) is 2.60. The summed E-state index contributed by atoms with van der Waals surface area (Å²) in [6, 6.07) is 1.04. The molecule has 2 rings (SSSR count). The molecule has 7 nitrogen and oxygen atoms in total. The van der Waals surface area contributed by atoms with Crippen LogP contribution in [0.3, 0.4) is 0 Å². The number of aliphatic hydroxyl groups is 2. The van der Waals surface area contributed by atoms with Crippen LogP contribution in [0.15, 0.2) is 21.9 Å². The van der Waals surface area contributed by atoms with Gasteiger partial charge >= 0.3 is 5.69 Å². The maximum Gasteiger partial charge on any atom is 0.330 e. The number of H-pyrrole nitrogens is 1. The number of halogens is 1. The summed E-state index contributed by atoms with van der Waals surface area (Å²) in [4.78, 5) is 24.2. The van der Waals surface area contributed by atoms with E-state index in [1.54, 1.807) is 0 Å². The summed E-state index contributed by atoms with van der Waals surface area (Å²) in [5.41, 5.74) is -1.45. The lowest BCUT2D eigenvalue weighted by atomic mass is 10.1. The van der Waals surface area contributed by atoms with Gasteiger partial charge in [-0.05, 0) is 0 Å². The molecular formula is C9H11FN2O5. The van der Waals surface area contributed by atoms with Crippen molar-refractivity contribution in [3.63, 3.8) is 0 Å². The van der Waals surface area contributed by atoms with Gasteiger partial charge in [0.1, 0.15) is 12.2 Å². The van der Waals surface area contributed by atoms with E-state index in [9.17, 15) is 19.1 Å². The molecule has 2 heterocycles. The number of nitrogens with one attached hydrogen (secondary N) is 1. The molecule has 1 saturated heterocycles. The van der Waals surface area contributed by atoms with Gasteiger partial charge in [-0.2, -0.15) is 0 Å². The minimum Gasteiger partial charge on any atom is -0.394 e. The first-order valence-corrected chi connectivity index (χ1v) is 4.94. The summed E-state index contributed by atoms with van der Waals surface area (Å²) in [6.45, 7) is -0.559. The fourth-order valence-electron chi connectivity index (χ4n) is 1.71. The fraction of sp³-hybridized carbons (Fsp3) is 0.556. The molecule has 3 N–H and O–H groups in total. The summed E-state index contributed by atoms with van der Waals surface area (Å²) in [5.74, 6) is 0. The van der Waals surface area contributed by atoms with Gasteiger partial charge in [0.2, 0.25) is 0 Å². The van der Waals surface area contributed by atoms with Gasteiger partial charge in [-0.25, -0.2) is 9.18 Å². The summed E-state index contributed by atoms with van der Waals surface area (Å²) in [7, 11) is 0. The number of ether oxygens (including phenoxy) is 1. The number of aromatic nitrogens is 2. The zero-order valence-corrected chi connectivity index (χ0v) is 8.62. The number of aromatic amines is 1. The van der Waals surface area contributed by atoms with Crippen molar-refractivity contribution in [3.05, 3.63) is 33.1 Å². The smallest absolute Gasteiger partial charge is 0.330 e. The summed E-state index contributed by atoms with van der Waals surface area (Å²) >= 11 is 0. The van der Waals surface area contributed by atoms with E-state index in [0.717, 1.165) is 16.8 Å². The summed E-state index contributed by atoms with van der Waals surface area (Å²) < 4.78 is 19.5. The van der Waals surface area contributed by atoms with E-state index in [4.69, 9.17) is 9.84 Å². The molecule has 8 heteroatoms. The molecule has 1 aromatic heterocycles. The first-order chi connectivity index (χ1) is 8.04. The van der Waals surface area contributed by atoms with Crippen molar-refractivity contribution in [1.29, 1.82) is 0 Å². The first kappa shape index (κ1) is 12.0. The number of nitrogens with zero attached hydrogens (tertiary/aromatic N) is 1. The van der Waals surface area contributed by atoms with Crippen molar-refractivity contribution in [1.82, 2.24) is 9.55 Å². The van der Waals surface area contributed by atoms with Crippen LogP contribution >= 0.6 is 0 Å². The van der Waals surface area contributed by atoms with Crippen molar-refractivity contribution in [2.45, 2.75) is 24.6 Å². The fourth-order valence-corrected chi connectivity index (χ4v) is 1.71. The average Bonchev–Trinajstić information content (AvgIpc) is 2.57. The quantitative estimate of drug-likeness (QED) is 0.567. The Morgan fingerprint density at radius 1 is 1.53 bits per heavy atom. The molecule has 94 valence electrons. The third kappa shape index (κ3) is 2.02. The van der Waals surface area contributed by atoms with Crippen LogP contribution in [-0.4, -0.2) is 44.8 Å². The van der Waals surface area contributed by atoms with Crippen LogP contribution in [-0.2, 0) is 4.74 Å². The van der Waals surface area contributed by atoms with Crippen LogP contribution < -0.4 is 11.2 Å². The van der Waals surface area contributed by atoms with Crippen LogP contribution in [0.5, 0.6) is 0 Å². The van der Waals surface area contributed by atoms with Gasteiger partial charge in [0.15, 0.2) is 12.4 Å². The largest absolute Gasteiger partial charge is 0.394 e. The minimum absolute atomic E-state index is 0.559. The lowest BCUT2D eigenvalue weighted by Gasteiger charge is -2.15. The van der Waals surface area contributed by atoms with Gasteiger partial charge in [0.05, 0.1) is 6.61 Å². The molecule has 4 atom stereocenters. The Morgan fingerprint density at radius 2 is 2.24 bits per heavy atom. The van der Waals surface area contributed by atoms with E-state index < -0.39 is 42.5 Å². The molecule has 0 aromatic carbocycles. The van der Waals surface area contributed by atoms with Gasteiger partial charge in [-0.3, -0.25) is 14.3 Å². The lowest BCUT2D eigenvalue weighted by molar-refractivity contribution is -0.0491. The molecule has 0 aliphatic carbocycles. The van der Waals surface area contributed by atoms with Crippen LogP contribution in [0.25, 0.3) is 0 Å². The maximum atomic E-state index is 13.6.